The highest BCUT2D eigenvalue weighted by Crippen LogP contribution is 2.30. The van der Waals surface area contributed by atoms with Crippen molar-refractivity contribution in [1.82, 2.24) is 0 Å². The van der Waals surface area contributed by atoms with E-state index in [9.17, 15) is 13.2 Å². The van der Waals surface area contributed by atoms with Gasteiger partial charge < -0.3 is 4.74 Å². The van der Waals surface area contributed by atoms with Gasteiger partial charge in [0.2, 0.25) is 5.82 Å². The van der Waals surface area contributed by atoms with E-state index in [2.05, 4.69) is 15.9 Å². The van der Waals surface area contributed by atoms with Crippen LogP contribution in [0.5, 0.6) is 11.5 Å². The summed E-state index contributed by atoms with van der Waals surface area (Å²) in [6, 6.07) is 7.47. The third-order valence-corrected chi connectivity index (χ3v) is 2.91. The Morgan fingerprint density at radius 2 is 1.78 bits per heavy atom. The lowest BCUT2D eigenvalue weighted by atomic mass is 10.2. The molecule has 2 aromatic carbocycles. The van der Waals surface area contributed by atoms with Gasteiger partial charge in [-0.05, 0) is 30.3 Å². The van der Waals surface area contributed by atoms with Gasteiger partial charge in [0, 0.05) is 10.9 Å². The standard InChI is InChI=1S/C13H8BrF3O/c14-7-8-6-9(15)4-5-11(8)18-12-3-1-2-10(16)13(12)17/h1-6H,7H2. The Kier molecular flexibility index (Phi) is 3.91. The molecule has 0 unspecified atom stereocenters. The van der Waals surface area contributed by atoms with Crippen molar-refractivity contribution in [3.63, 3.8) is 0 Å². The monoisotopic (exact) mass is 316 g/mol. The second-order valence-corrected chi connectivity index (χ2v) is 4.10. The van der Waals surface area contributed by atoms with Crippen molar-refractivity contribution in [2.24, 2.45) is 0 Å². The van der Waals surface area contributed by atoms with Crippen molar-refractivity contribution < 1.29 is 17.9 Å². The van der Waals surface area contributed by atoms with E-state index in [1.54, 1.807) is 0 Å². The normalized spacial score (nSPS) is 10.4. The molecule has 5 heteroatoms. The minimum Gasteiger partial charge on any atom is -0.454 e. The third kappa shape index (κ3) is 2.67. The first-order valence-electron chi connectivity index (χ1n) is 5.08. The Balaban J connectivity index is 2.37. The van der Waals surface area contributed by atoms with Crippen molar-refractivity contribution in [2.75, 3.05) is 0 Å². The Morgan fingerprint density at radius 3 is 2.50 bits per heavy atom. The maximum atomic E-state index is 13.4. The van der Waals surface area contributed by atoms with E-state index in [0.717, 1.165) is 6.07 Å². The molecular weight excluding hydrogens is 309 g/mol. The van der Waals surface area contributed by atoms with E-state index in [4.69, 9.17) is 4.74 Å². The van der Waals surface area contributed by atoms with E-state index in [1.807, 2.05) is 0 Å². The zero-order valence-corrected chi connectivity index (χ0v) is 10.7. The number of hydrogen-bond donors (Lipinski definition) is 0. The molecule has 2 rings (SSSR count). The van der Waals surface area contributed by atoms with Crippen molar-refractivity contribution in [1.29, 1.82) is 0 Å². The zero-order valence-electron chi connectivity index (χ0n) is 9.09. The highest BCUT2D eigenvalue weighted by Gasteiger charge is 2.12. The van der Waals surface area contributed by atoms with Crippen LogP contribution in [0.4, 0.5) is 13.2 Å². The summed E-state index contributed by atoms with van der Waals surface area (Å²) in [7, 11) is 0. The Morgan fingerprint density at radius 1 is 1.00 bits per heavy atom. The number of rotatable bonds is 3. The van der Waals surface area contributed by atoms with Crippen molar-refractivity contribution >= 4 is 15.9 Å². The maximum absolute atomic E-state index is 13.4. The lowest BCUT2D eigenvalue weighted by Crippen LogP contribution is -1.94. The number of halogens is 4. The number of ether oxygens (including phenoxy) is 1. The summed E-state index contributed by atoms with van der Waals surface area (Å²) in [6.45, 7) is 0. The number of benzene rings is 2. The molecule has 2 aromatic rings. The minimum atomic E-state index is -1.07. The van der Waals surface area contributed by atoms with Crippen LogP contribution in [0.15, 0.2) is 36.4 Å². The largest absolute Gasteiger partial charge is 0.454 e. The van der Waals surface area contributed by atoms with Gasteiger partial charge in [0.25, 0.3) is 0 Å². The molecule has 0 aromatic heterocycles. The SMILES string of the molecule is Fc1ccc(Oc2cccc(F)c2F)c(CBr)c1. The highest BCUT2D eigenvalue weighted by atomic mass is 79.9. The molecular formula is C13H8BrF3O. The van der Waals surface area contributed by atoms with Crippen LogP contribution in [-0.2, 0) is 5.33 Å². The van der Waals surface area contributed by atoms with Gasteiger partial charge in [-0.1, -0.05) is 22.0 Å². The second kappa shape index (κ2) is 5.44. The molecule has 0 saturated carbocycles. The van der Waals surface area contributed by atoms with Gasteiger partial charge in [-0.15, -0.1) is 0 Å². The van der Waals surface area contributed by atoms with Crippen LogP contribution in [0.2, 0.25) is 0 Å². The van der Waals surface area contributed by atoms with Crippen LogP contribution in [-0.4, -0.2) is 0 Å². The molecule has 94 valence electrons. The average Bonchev–Trinajstić information content (AvgIpc) is 2.37. The second-order valence-electron chi connectivity index (χ2n) is 3.54. The van der Waals surface area contributed by atoms with E-state index >= 15 is 0 Å². The summed E-state index contributed by atoms with van der Waals surface area (Å²) in [4.78, 5) is 0. The molecule has 0 atom stereocenters. The summed E-state index contributed by atoms with van der Waals surface area (Å²) >= 11 is 3.17. The first kappa shape index (κ1) is 13.0. The lowest BCUT2D eigenvalue weighted by molar-refractivity contribution is 0.413. The fourth-order valence-electron chi connectivity index (χ4n) is 1.43. The molecule has 0 amide bonds. The van der Waals surface area contributed by atoms with Gasteiger partial charge in [-0.25, -0.2) is 8.78 Å². The molecule has 1 nitrogen and oxygen atoms in total. The Labute approximate surface area is 110 Å². The zero-order chi connectivity index (χ0) is 13.1. The molecule has 0 heterocycles. The van der Waals surface area contributed by atoms with E-state index in [1.165, 1.54) is 30.3 Å². The van der Waals surface area contributed by atoms with Gasteiger partial charge in [0.15, 0.2) is 11.6 Å². The summed E-state index contributed by atoms with van der Waals surface area (Å²) in [6.07, 6.45) is 0. The first-order valence-corrected chi connectivity index (χ1v) is 6.20. The quantitative estimate of drug-likeness (QED) is 0.740. The van der Waals surface area contributed by atoms with Crippen molar-refractivity contribution in [3.8, 4) is 11.5 Å². The predicted octanol–water partition coefficient (Wildman–Crippen LogP) is 4.79. The van der Waals surface area contributed by atoms with Crippen molar-refractivity contribution in [3.05, 3.63) is 59.4 Å². The molecule has 0 spiro atoms. The molecule has 0 bridgehead atoms. The van der Waals surface area contributed by atoms with E-state index in [-0.39, 0.29) is 11.5 Å². The van der Waals surface area contributed by atoms with Gasteiger partial charge in [-0.2, -0.15) is 4.39 Å². The van der Waals surface area contributed by atoms with Crippen molar-refractivity contribution in [2.45, 2.75) is 5.33 Å². The molecule has 0 aliphatic heterocycles. The topological polar surface area (TPSA) is 9.23 Å². The number of hydrogen-bond acceptors (Lipinski definition) is 1. The fraction of sp³-hybridized carbons (Fsp3) is 0.0769. The molecule has 0 aliphatic rings. The molecule has 0 saturated heterocycles. The van der Waals surface area contributed by atoms with Crippen LogP contribution in [0.25, 0.3) is 0 Å². The summed E-state index contributed by atoms with van der Waals surface area (Å²) in [5, 5.41) is 0.344. The van der Waals surface area contributed by atoms with Gasteiger partial charge in [-0.3, -0.25) is 0 Å². The van der Waals surface area contributed by atoms with Gasteiger partial charge in [0.1, 0.15) is 11.6 Å². The van der Waals surface area contributed by atoms with Crippen LogP contribution in [0.3, 0.4) is 0 Å². The average molecular weight is 317 g/mol. The fourth-order valence-corrected chi connectivity index (χ4v) is 1.87. The van der Waals surface area contributed by atoms with Crippen LogP contribution in [0.1, 0.15) is 5.56 Å². The molecule has 0 N–H and O–H groups in total. The van der Waals surface area contributed by atoms with Crippen LogP contribution in [0, 0.1) is 17.5 Å². The predicted molar refractivity (Wildman–Crippen MR) is 65.5 cm³/mol. The lowest BCUT2D eigenvalue weighted by Gasteiger charge is -2.10. The van der Waals surface area contributed by atoms with E-state index in [0.29, 0.717) is 10.9 Å². The Hall–Kier alpha value is -1.49. The van der Waals surface area contributed by atoms with Gasteiger partial charge in [0.05, 0.1) is 0 Å². The smallest absolute Gasteiger partial charge is 0.201 e. The summed E-state index contributed by atoms with van der Waals surface area (Å²) in [5.41, 5.74) is 0.513. The van der Waals surface area contributed by atoms with Crippen LogP contribution < -0.4 is 4.74 Å². The molecule has 0 aliphatic carbocycles. The summed E-state index contributed by atoms with van der Waals surface area (Å²) in [5.74, 6) is -2.43. The number of alkyl halides is 1. The molecule has 0 radical (unpaired) electrons. The van der Waals surface area contributed by atoms with Crippen LogP contribution >= 0.6 is 15.9 Å². The summed E-state index contributed by atoms with van der Waals surface area (Å²) < 4.78 is 44.7. The molecule has 18 heavy (non-hydrogen) atoms. The Bertz CT molecular complexity index is 572. The highest BCUT2D eigenvalue weighted by molar-refractivity contribution is 9.08. The van der Waals surface area contributed by atoms with Gasteiger partial charge >= 0.3 is 0 Å². The van der Waals surface area contributed by atoms with E-state index < -0.39 is 17.5 Å². The molecule has 0 fully saturated rings. The maximum Gasteiger partial charge on any atom is 0.201 e. The first-order chi connectivity index (χ1) is 8.61. The third-order valence-electron chi connectivity index (χ3n) is 2.30. The minimum absolute atomic E-state index is 0.233.